The number of piperazine rings is 1. The molecule has 4 heteroatoms. The summed E-state index contributed by atoms with van der Waals surface area (Å²) >= 11 is 0. The van der Waals surface area contributed by atoms with Crippen LogP contribution in [0.3, 0.4) is 0 Å². The molecule has 1 heterocycles. The Balaban J connectivity index is 2.25. The second-order valence-electron chi connectivity index (χ2n) is 5.75. The third-order valence-corrected chi connectivity index (χ3v) is 3.49. The minimum atomic E-state index is 0.648. The molecule has 0 aromatic carbocycles. The summed E-state index contributed by atoms with van der Waals surface area (Å²) in [7, 11) is 2.19. The van der Waals surface area contributed by atoms with Crippen LogP contribution in [0.2, 0.25) is 0 Å². The quantitative estimate of drug-likeness (QED) is 0.679. The maximum absolute atomic E-state index is 8.70. The largest absolute Gasteiger partial charge is 0.304 e. The molecule has 0 bridgehead atoms. The highest BCUT2D eigenvalue weighted by molar-refractivity contribution is 4.75. The van der Waals surface area contributed by atoms with Gasteiger partial charge in [-0.1, -0.05) is 13.8 Å². The second-order valence-corrected chi connectivity index (χ2v) is 5.75. The molecule has 104 valence electrons. The summed E-state index contributed by atoms with van der Waals surface area (Å²) in [6.45, 7) is 13.5. The second kappa shape index (κ2) is 8.47. The van der Waals surface area contributed by atoms with E-state index in [1.807, 2.05) is 0 Å². The van der Waals surface area contributed by atoms with Gasteiger partial charge in [-0.2, -0.15) is 5.26 Å². The molecule has 0 radical (unpaired) electrons. The standard InChI is InChI=1S/C14H28N4/c1-14(2)13-18(6-4-5-15)12-11-17-9-7-16(3)8-10-17/h14H,4,6-13H2,1-3H3. The molecule has 4 nitrogen and oxygen atoms in total. The Morgan fingerprint density at radius 2 is 1.83 bits per heavy atom. The van der Waals surface area contributed by atoms with Gasteiger partial charge in [-0.05, 0) is 13.0 Å². The van der Waals surface area contributed by atoms with E-state index in [0.717, 1.165) is 26.2 Å². The van der Waals surface area contributed by atoms with Gasteiger partial charge in [0, 0.05) is 58.8 Å². The smallest absolute Gasteiger partial charge is 0.0635 e. The molecule has 1 aliphatic rings. The van der Waals surface area contributed by atoms with Gasteiger partial charge < -0.3 is 9.80 Å². The fourth-order valence-corrected chi connectivity index (χ4v) is 2.37. The van der Waals surface area contributed by atoms with E-state index >= 15 is 0 Å². The van der Waals surface area contributed by atoms with Crippen molar-refractivity contribution in [3.05, 3.63) is 0 Å². The van der Waals surface area contributed by atoms with E-state index in [0.29, 0.717) is 12.3 Å². The van der Waals surface area contributed by atoms with Crippen LogP contribution < -0.4 is 0 Å². The summed E-state index contributed by atoms with van der Waals surface area (Å²) in [5.41, 5.74) is 0. The van der Waals surface area contributed by atoms with Crippen molar-refractivity contribution in [2.45, 2.75) is 20.3 Å². The van der Waals surface area contributed by atoms with Gasteiger partial charge in [0.1, 0.15) is 0 Å². The summed E-state index contributed by atoms with van der Waals surface area (Å²) in [5, 5.41) is 8.70. The van der Waals surface area contributed by atoms with Crippen molar-refractivity contribution in [2.75, 3.05) is 59.4 Å². The Morgan fingerprint density at radius 3 is 2.39 bits per heavy atom. The monoisotopic (exact) mass is 252 g/mol. The van der Waals surface area contributed by atoms with Crippen LogP contribution in [0.25, 0.3) is 0 Å². The highest BCUT2D eigenvalue weighted by Gasteiger charge is 2.15. The van der Waals surface area contributed by atoms with Gasteiger partial charge in [-0.25, -0.2) is 0 Å². The first-order chi connectivity index (χ1) is 8.61. The molecular formula is C14H28N4. The van der Waals surface area contributed by atoms with E-state index in [-0.39, 0.29) is 0 Å². The maximum Gasteiger partial charge on any atom is 0.0635 e. The third kappa shape index (κ3) is 6.34. The van der Waals surface area contributed by atoms with Crippen molar-refractivity contribution in [3.63, 3.8) is 0 Å². The molecule has 0 N–H and O–H groups in total. The van der Waals surface area contributed by atoms with E-state index < -0.39 is 0 Å². The van der Waals surface area contributed by atoms with Crippen LogP contribution in [-0.2, 0) is 0 Å². The van der Waals surface area contributed by atoms with Crippen LogP contribution in [0.15, 0.2) is 0 Å². The van der Waals surface area contributed by atoms with Crippen molar-refractivity contribution in [2.24, 2.45) is 5.92 Å². The zero-order valence-corrected chi connectivity index (χ0v) is 12.2. The number of hydrogen-bond acceptors (Lipinski definition) is 4. The molecule has 0 aliphatic carbocycles. The molecule has 0 saturated carbocycles. The predicted octanol–water partition coefficient (Wildman–Crippen LogP) is 1.11. The van der Waals surface area contributed by atoms with Gasteiger partial charge in [0.25, 0.3) is 0 Å². The molecule has 1 fully saturated rings. The summed E-state index contributed by atoms with van der Waals surface area (Å²) in [6, 6.07) is 2.25. The van der Waals surface area contributed by atoms with Gasteiger partial charge in [0.05, 0.1) is 6.07 Å². The Hall–Kier alpha value is -0.630. The average Bonchev–Trinajstić information content (AvgIpc) is 2.34. The number of likely N-dealkylation sites (N-methyl/N-ethyl adjacent to an activating group) is 1. The third-order valence-electron chi connectivity index (χ3n) is 3.49. The van der Waals surface area contributed by atoms with Crippen molar-refractivity contribution in [3.8, 4) is 6.07 Å². The SMILES string of the molecule is CC(C)CN(CCC#N)CCN1CCN(C)CC1. The summed E-state index contributed by atoms with van der Waals surface area (Å²) in [6.07, 6.45) is 0.648. The van der Waals surface area contributed by atoms with Gasteiger partial charge in [-0.15, -0.1) is 0 Å². The molecule has 1 aliphatic heterocycles. The number of rotatable bonds is 7. The fraction of sp³-hybridized carbons (Fsp3) is 0.929. The molecule has 1 rings (SSSR count). The minimum absolute atomic E-state index is 0.648. The topological polar surface area (TPSA) is 33.5 Å². The molecular weight excluding hydrogens is 224 g/mol. The van der Waals surface area contributed by atoms with E-state index in [1.54, 1.807) is 0 Å². The van der Waals surface area contributed by atoms with E-state index in [2.05, 4.69) is 41.7 Å². The van der Waals surface area contributed by atoms with E-state index in [4.69, 9.17) is 5.26 Å². The number of nitriles is 1. The van der Waals surface area contributed by atoms with Crippen LogP contribution in [-0.4, -0.2) is 74.1 Å². The van der Waals surface area contributed by atoms with E-state index in [9.17, 15) is 0 Å². The van der Waals surface area contributed by atoms with Crippen LogP contribution in [0.4, 0.5) is 0 Å². The normalized spacial score (nSPS) is 18.4. The van der Waals surface area contributed by atoms with Gasteiger partial charge >= 0.3 is 0 Å². The molecule has 0 spiro atoms. The van der Waals surface area contributed by atoms with E-state index in [1.165, 1.54) is 26.2 Å². The first-order valence-corrected chi connectivity index (χ1v) is 7.12. The molecule has 0 atom stereocenters. The molecule has 18 heavy (non-hydrogen) atoms. The lowest BCUT2D eigenvalue weighted by molar-refractivity contribution is 0.132. The van der Waals surface area contributed by atoms with Crippen molar-refractivity contribution in [1.82, 2.24) is 14.7 Å². The lowest BCUT2D eigenvalue weighted by atomic mass is 10.2. The van der Waals surface area contributed by atoms with Gasteiger partial charge in [0.15, 0.2) is 0 Å². The van der Waals surface area contributed by atoms with Crippen LogP contribution in [0, 0.1) is 17.2 Å². The lowest BCUT2D eigenvalue weighted by Crippen LogP contribution is -2.47. The maximum atomic E-state index is 8.70. The lowest BCUT2D eigenvalue weighted by Gasteiger charge is -2.34. The van der Waals surface area contributed by atoms with Crippen molar-refractivity contribution in [1.29, 1.82) is 5.26 Å². The zero-order chi connectivity index (χ0) is 13.4. The zero-order valence-electron chi connectivity index (χ0n) is 12.2. The Labute approximate surface area is 112 Å². The van der Waals surface area contributed by atoms with Crippen molar-refractivity contribution >= 4 is 0 Å². The molecule has 1 saturated heterocycles. The summed E-state index contributed by atoms with van der Waals surface area (Å²) < 4.78 is 0. The first kappa shape index (κ1) is 15.4. The highest BCUT2D eigenvalue weighted by Crippen LogP contribution is 2.03. The Bertz CT molecular complexity index is 251. The van der Waals surface area contributed by atoms with Crippen LogP contribution in [0.5, 0.6) is 0 Å². The van der Waals surface area contributed by atoms with Gasteiger partial charge in [0.2, 0.25) is 0 Å². The van der Waals surface area contributed by atoms with Gasteiger partial charge in [-0.3, -0.25) is 4.90 Å². The molecule has 0 unspecified atom stereocenters. The van der Waals surface area contributed by atoms with Crippen LogP contribution in [0.1, 0.15) is 20.3 Å². The Kier molecular flexibility index (Phi) is 7.26. The number of hydrogen-bond donors (Lipinski definition) is 0. The van der Waals surface area contributed by atoms with Crippen LogP contribution >= 0.6 is 0 Å². The first-order valence-electron chi connectivity index (χ1n) is 7.12. The highest BCUT2D eigenvalue weighted by atomic mass is 15.3. The predicted molar refractivity (Wildman–Crippen MR) is 75.4 cm³/mol. The minimum Gasteiger partial charge on any atom is -0.304 e. The molecule has 0 aromatic heterocycles. The fourth-order valence-electron chi connectivity index (χ4n) is 2.37. The Morgan fingerprint density at radius 1 is 1.17 bits per heavy atom. The molecule has 0 aromatic rings. The average molecular weight is 252 g/mol. The summed E-state index contributed by atoms with van der Waals surface area (Å²) in [4.78, 5) is 7.37. The van der Waals surface area contributed by atoms with Crippen molar-refractivity contribution < 1.29 is 0 Å². The number of nitrogens with zero attached hydrogens (tertiary/aromatic N) is 4. The summed E-state index contributed by atoms with van der Waals surface area (Å²) in [5.74, 6) is 0.677. The molecule has 0 amide bonds.